The first kappa shape index (κ1) is 15.3. The fourth-order valence-electron chi connectivity index (χ4n) is 3.34. The fourth-order valence-corrected chi connectivity index (χ4v) is 3.34. The van der Waals surface area contributed by atoms with E-state index in [1.165, 1.54) is 0 Å². The molecule has 0 amide bonds. The molecule has 0 aromatic carbocycles. The maximum absolute atomic E-state index is 5.41. The van der Waals surface area contributed by atoms with E-state index in [-0.39, 0.29) is 5.92 Å². The molecule has 4 rings (SSSR count). The van der Waals surface area contributed by atoms with Crippen molar-refractivity contribution < 1.29 is 9.26 Å². The number of piperidine rings is 1. The fraction of sp³-hybridized carbons (Fsp3) is 0.625. The molecule has 8 nitrogen and oxygen atoms in total. The molecule has 0 bridgehead atoms. The zero-order chi connectivity index (χ0) is 16.4. The molecule has 2 aliphatic heterocycles. The highest BCUT2D eigenvalue weighted by Crippen LogP contribution is 2.29. The summed E-state index contributed by atoms with van der Waals surface area (Å²) in [5, 5.41) is 3.92. The Labute approximate surface area is 140 Å². The largest absolute Gasteiger partial charge is 0.378 e. The zero-order valence-electron chi connectivity index (χ0n) is 13.9. The standard InChI is InChI=1S/C16H22N6O2/c1-12-19-16(24-20-12)13-3-2-4-22(10-13)15-9-14(17-11-18-15)21-5-7-23-8-6-21/h9,11,13H,2-8,10H2,1H3. The maximum atomic E-state index is 5.41. The second kappa shape index (κ2) is 6.72. The summed E-state index contributed by atoms with van der Waals surface area (Å²) >= 11 is 0. The van der Waals surface area contributed by atoms with Crippen LogP contribution in [0.2, 0.25) is 0 Å². The number of aryl methyl sites for hydroxylation is 1. The molecule has 0 saturated carbocycles. The predicted molar refractivity (Wildman–Crippen MR) is 88.3 cm³/mol. The van der Waals surface area contributed by atoms with Crippen LogP contribution in [0, 0.1) is 6.92 Å². The van der Waals surface area contributed by atoms with Gasteiger partial charge in [0.25, 0.3) is 0 Å². The van der Waals surface area contributed by atoms with E-state index in [1.54, 1.807) is 6.33 Å². The number of morpholine rings is 1. The highest BCUT2D eigenvalue weighted by atomic mass is 16.5. The Morgan fingerprint density at radius 2 is 1.88 bits per heavy atom. The SMILES string of the molecule is Cc1noc(C2CCCN(c3cc(N4CCOCC4)ncn3)C2)n1. The highest BCUT2D eigenvalue weighted by Gasteiger charge is 2.27. The van der Waals surface area contributed by atoms with Crippen molar-refractivity contribution in [3.05, 3.63) is 24.1 Å². The van der Waals surface area contributed by atoms with E-state index in [2.05, 4.69) is 36.0 Å². The molecule has 0 radical (unpaired) electrons. The third-order valence-electron chi connectivity index (χ3n) is 4.61. The third-order valence-corrected chi connectivity index (χ3v) is 4.61. The van der Waals surface area contributed by atoms with Gasteiger partial charge in [-0.25, -0.2) is 9.97 Å². The third kappa shape index (κ3) is 3.19. The Kier molecular flexibility index (Phi) is 4.29. The molecule has 2 fully saturated rings. The molecular formula is C16H22N6O2. The van der Waals surface area contributed by atoms with Crippen LogP contribution in [0.1, 0.15) is 30.5 Å². The van der Waals surface area contributed by atoms with Crippen molar-refractivity contribution in [2.75, 3.05) is 49.2 Å². The first-order chi connectivity index (χ1) is 11.8. The topological polar surface area (TPSA) is 80.4 Å². The van der Waals surface area contributed by atoms with Crippen molar-refractivity contribution in [2.24, 2.45) is 0 Å². The first-order valence-corrected chi connectivity index (χ1v) is 8.49. The summed E-state index contributed by atoms with van der Waals surface area (Å²) in [7, 11) is 0. The molecule has 2 aliphatic rings. The van der Waals surface area contributed by atoms with E-state index >= 15 is 0 Å². The van der Waals surface area contributed by atoms with Crippen LogP contribution < -0.4 is 9.80 Å². The summed E-state index contributed by atoms with van der Waals surface area (Å²) in [4.78, 5) is 17.8. The average Bonchev–Trinajstić information content (AvgIpc) is 3.09. The molecule has 2 aromatic rings. The smallest absolute Gasteiger partial charge is 0.231 e. The van der Waals surface area contributed by atoms with Crippen molar-refractivity contribution in [1.29, 1.82) is 0 Å². The Morgan fingerprint density at radius 1 is 1.08 bits per heavy atom. The molecule has 8 heteroatoms. The van der Waals surface area contributed by atoms with Gasteiger partial charge in [0.05, 0.1) is 19.1 Å². The quantitative estimate of drug-likeness (QED) is 0.835. The van der Waals surface area contributed by atoms with Crippen LogP contribution in [-0.2, 0) is 4.74 Å². The van der Waals surface area contributed by atoms with Gasteiger partial charge >= 0.3 is 0 Å². The van der Waals surface area contributed by atoms with Gasteiger partial charge in [0.15, 0.2) is 5.82 Å². The Morgan fingerprint density at radius 3 is 2.62 bits per heavy atom. The van der Waals surface area contributed by atoms with E-state index in [0.29, 0.717) is 5.82 Å². The summed E-state index contributed by atoms with van der Waals surface area (Å²) in [5.41, 5.74) is 0. The van der Waals surface area contributed by atoms with Gasteiger partial charge in [-0.1, -0.05) is 5.16 Å². The van der Waals surface area contributed by atoms with Crippen LogP contribution in [0.5, 0.6) is 0 Å². The van der Waals surface area contributed by atoms with Crippen molar-refractivity contribution >= 4 is 11.6 Å². The molecule has 24 heavy (non-hydrogen) atoms. The number of rotatable bonds is 3. The summed E-state index contributed by atoms with van der Waals surface area (Å²) in [6, 6.07) is 2.08. The minimum atomic E-state index is 0.266. The van der Waals surface area contributed by atoms with Gasteiger partial charge in [0, 0.05) is 32.2 Å². The number of anilines is 2. The lowest BCUT2D eigenvalue weighted by Crippen LogP contribution is -2.38. The van der Waals surface area contributed by atoms with Gasteiger partial charge in [-0.05, 0) is 19.8 Å². The van der Waals surface area contributed by atoms with E-state index in [1.807, 2.05) is 6.92 Å². The second-order valence-corrected chi connectivity index (χ2v) is 6.30. The lowest BCUT2D eigenvalue weighted by molar-refractivity contribution is 0.122. The Hall–Kier alpha value is -2.22. The molecule has 0 aliphatic carbocycles. The maximum Gasteiger partial charge on any atom is 0.231 e. The summed E-state index contributed by atoms with van der Waals surface area (Å²) in [6.07, 6.45) is 3.81. The minimum Gasteiger partial charge on any atom is -0.378 e. The predicted octanol–water partition coefficient (Wildman–Crippen LogP) is 1.39. The van der Waals surface area contributed by atoms with Gasteiger partial charge in [0.1, 0.15) is 18.0 Å². The normalized spacial score (nSPS) is 22.0. The Balaban J connectivity index is 1.50. The summed E-state index contributed by atoms with van der Waals surface area (Å²) in [6.45, 7) is 6.95. The van der Waals surface area contributed by atoms with E-state index < -0.39 is 0 Å². The lowest BCUT2D eigenvalue weighted by atomic mass is 9.98. The average molecular weight is 330 g/mol. The van der Waals surface area contributed by atoms with Crippen molar-refractivity contribution in [1.82, 2.24) is 20.1 Å². The van der Waals surface area contributed by atoms with E-state index in [0.717, 1.165) is 69.8 Å². The first-order valence-electron chi connectivity index (χ1n) is 8.49. The lowest BCUT2D eigenvalue weighted by Gasteiger charge is -2.33. The van der Waals surface area contributed by atoms with Crippen LogP contribution in [0.4, 0.5) is 11.6 Å². The molecule has 2 aromatic heterocycles. The van der Waals surface area contributed by atoms with E-state index in [9.17, 15) is 0 Å². The van der Waals surface area contributed by atoms with Crippen LogP contribution in [0.3, 0.4) is 0 Å². The summed E-state index contributed by atoms with van der Waals surface area (Å²) < 4.78 is 10.8. The van der Waals surface area contributed by atoms with Crippen molar-refractivity contribution in [3.8, 4) is 0 Å². The minimum absolute atomic E-state index is 0.266. The molecule has 4 heterocycles. The number of nitrogens with zero attached hydrogens (tertiary/aromatic N) is 6. The van der Waals surface area contributed by atoms with Gasteiger partial charge in [0.2, 0.25) is 5.89 Å². The van der Waals surface area contributed by atoms with E-state index in [4.69, 9.17) is 9.26 Å². The zero-order valence-corrected chi connectivity index (χ0v) is 13.9. The molecule has 2 saturated heterocycles. The summed E-state index contributed by atoms with van der Waals surface area (Å²) in [5.74, 6) is 3.63. The molecule has 1 atom stereocenters. The van der Waals surface area contributed by atoms with Gasteiger partial charge in [-0.15, -0.1) is 0 Å². The monoisotopic (exact) mass is 330 g/mol. The number of hydrogen-bond donors (Lipinski definition) is 0. The number of hydrogen-bond acceptors (Lipinski definition) is 8. The number of ether oxygens (including phenoxy) is 1. The highest BCUT2D eigenvalue weighted by molar-refractivity contribution is 5.50. The van der Waals surface area contributed by atoms with Crippen molar-refractivity contribution in [3.63, 3.8) is 0 Å². The van der Waals surface area contributed by atoms with Crippen LogP contribution in [0.25, 0.3) is 0 Å². The van der Waals surface area contributed by atoms with Crippen LogP contribution >= 0.6 is 0 Å². The van der Waals surface area contributed by atoms with Gasteiger partial charge in [-0.3, -0.25) is 0 Å². The van der Waals surface area contributed by atoms with Gasteiger partial charge in [-0.2, -0.15) is 4.98 Å². The number of aromatic nitrogens is 4. The second-order valence-electron chi connectivity index (χ2n) is 6.30. The molecule has 0 N–H and O–H groups in total. The van der Waals surface area contributed by atoms with Gasteiger partial charge < -0.3 is 19.1 Å². The Bertz CT molecular complexity index is 685. The molecule has 1 unspecified atom stereocenters. The van der Waals surface area contributed by atoms with Crippen LogP contribution in [0.15, 0.2) is 16.9 Å². The van der Waals surface area contributed by atoms with Crippen molar-refractivity contribution in [2.45, 2.75) is 25.7 Å². The molecule has 0 spiro atoms. The van der Waals surface area contributed by atoms with Crippen LogP contribution in [-0.4, -0.2) is 59.5 Å². The molecular weight excluding hydrogens is 308 g/mol. The molecule has 128 valence electrons.